The van der Waals surface area contributed by atoms with E-state index in [0.29, 0.717) is 11.8 Å². The molecule has 0 N–H and O–H groups in total. The molecule has 1 aliphatic rings. The Morgan fingerprint density at radius 2 is 1.14 bits per heavy atom. The van der Waals surface area contributed by atoms with Gasteiger partial charge in [0.25, 0.3) is 0 Å². The van der Waals surface area contributed by atoms with Crippen molar-refractivity contribution in [3.63, 3.8) is 0 Å². The summed E-state index contributed by atoms with van der Waals surface area (Å²) in [4.78, 5) is 2.63. The predicted octanol–water partition coefficient (Wildman–Crippen LogP) is 17.0. The Hall–Kier alpha value is -5.40. The molecule has 0 unspecified atom stereocenters. The highest BCUT2D eigenvalue weighted by molar-refractivity contribution is 6.11. The first-order chi connectivity index (χ1) is 28.5. The molecule has 300 valence electrons. The van der Waals surface area contributed by atoms with E-state index in [-0.39, 0.29) is 5.41 Å². The Labute approximate surface area is 355 Å². The molecule has 0 saturated carbocycles. The highest BCUT2D eigenvalue weighted by Gasteiger charge is 2.44. The van der Waals surface area contributed by atoms with E-state index in [1.54, 1.807) is 0 Å². The van der Waals surface area contributed by atoms with Crippen LogP contribution in [0.4, 0.5) is 17.1 Å². The molecule has 0 spiro atoms. The zero-order valence-corrected chi connectivity index (χ0v) is 37.0. The summed E-state index contributed by atoms with van der Waals surface area (Å²) in [5.41, 5.74) is 21.3. The molecule has 8 rings (SSSR count). The third-order valence-electron chi connectivity index (χ3n) is 13.2. The first-order valence-corrected chi connectivity index (χ1v) is 22.3. The van der Waals surface area contributed by atoms with E-state index in [1.807, 2.05) is 0 Å². The molecule has 0 amide bonds. The van der Waals surface area contributed by atoms with Gasteiger partial charge in [0.05, 0.1) is 11.4 Å². The molecule has 0 bridgehead atoms. The first kappa shape index (κ1) is 40.4. The van der Waals surface area contributed by atoms with Gasteiger partial charge < -0.3 is 4.90 Å². The maximum absolute atomic E-state index is 2.65. The van der Waals surface area contributed by atoms with Crippen LogP contribution in [0.15, 0.2) is 133 Å². The van der Waals surface area contributed by atoms with Gasteiger partial charge >= 0.3 is 0 Å². The molecule has 7 aromatic rings. The molecule has 1 heteroatoms. The van der Waals surface area contributed by atoms with Gasteiger partial charge in [0.15, 0.2) is 0 Å². The molecule has 1 aliphatic carbocycles. The van der Waals surface area contributed by atoms with Crippen LogP contribution in [-0.2, 0) is 11.8 Å². The van der Waals surface area contributed by atoms with Crippen LogP contribution >= 0.6 is 0 Å². The summed E-state index contributed by atoms with van der Waals surface area (Å²) in [7, 11) is 0. The van der Waals surface area contributed by atoms with Crippen LogP contribution in [0.25, 0.3) is 44.2 Å². The minimum absolute atomic E-state index is 0.0847. The van der Waals surface area contributed by atoms with Crippen molar-refractivity contribution in [2.75, 3.05) is 4.90 Å². The SMILES string of the molecule is CCCc1ccccc1-c1cc(N(c2cccc(C)c2-c2ccccc2C)c2cc3c(c4ccccc24)-c2ccc(C)cc2C3(CCC(C)C)CCC(C)C)ccc1C. The lowest BCUT2D eigenvalue weighted by Gasteiger charge is -2.36. The normalized spacial score (nSPS) is 13.0. The number of fused-ring (bicyclic) bond motifs is 5. The first-order valence-electron chi connectivity index (χ1n) is 22.3. The van der Waals surface area contributed by atoms with Gasteiger partial charge in [0, 0.05) is 22.1 Å². The predicted molar refractivity (Wildman–Crippen MR) is 257 cm³/mol. The average Bonchev–Trinajstić information content (AvgIpc) is 3.49. The molecular weight excluding hydrogens is 711 g/mol. The molecule has 0 atom stereocenters. The van der Waals surface area contributed by atoms with Gasteiger partial charge in [-0.15, -0.1) is 0 Å². The van der Waals surface area contributed by atoms with Gasteiger partial charge in [0.2, 0.25) is 0 Å². The zero-order chi connectivity index (χ0) is 41.4. The summed E-state index contributed by atoms with van der Waals surface area (Å²) < 4.78 is 0. The number of aryl methyl sites for hydroxylation is 5. The number of hydrogen-bond donors (Lipinski definition) is 0. The van der Waals surface area contributed by atoms with Gasteiger partial charge in [-0.3, -0.25) is 0 Å². The smallest absolute Gasteiger partial charge is 0.0543 e. The van der Waals surface area contributed by atoms with E-state index in [9.17, 15) is 0 Å². The van der Waals surface area contributed by atoms with Crippen molar-refractivity contribution in [1.29, 1.82) is 0 Å². The summed E-state index contributed by atoms with van der Waals surface area (Å²) in [5, 5.41) is 2.63. The third-order valence-corrected chi connectivity index (χ3v) is 13.2. The van der Waals surface area contributed by atoms with Crippen LogP contribution in [0.3, 0.4) is 0 Å². The lowest BCUT2D eigenvalue weighted by Crippen LogP contribution is -2.27. The highest BCUT2D eigenvalue weighted by Crippen LogP contribution is 2.59. The van der Waals surface area contributed by atoms with Gasteiger partial charge in [-0.25, -0.2) is 0 Å². The Balaban J connectivity index is 1.50. The van der Waals surface area contributed by atoms with E-state index >= 15 is 0 Å². The van der Waals surface area contributed by atoms with Gasteiger partial charge in [0.1, 0.15) is 0 Å². The van der Waals surface area contributed by atoms with Gasteiger partial charge in [-0.05, 0) is 162 Å². The number of rotatable bonds is 13. The summed E-state index contributed by atoms with van der Waals surface area (Å²) in [5.74, 6) is 1.23. The van der Waals surface area contributed by atoms with Crippen LogP contribution in [0, 0.1) is 39.5 Å². The largest absolute Gasteiger partial charge is 0.309 e. The maximum Gasteiger partial charge on any atom is 0.0543 e. The van der Waals surface area contributed by atoms with E-state index in [1.165, 1.54) is 113 Å². The van der Waals surface area contributed by atoms with Crippen molar-refractivity contribution in [2.45, 2.75) is 106 Å². The van der Waals surface area contributed by atoms with E-state index in [2.05, 4.69) is 201 Å². The summed E-state index contributed by atoms with van der Waals surface area (Å²) in [6, 6.07) is 51.3. The average molecular weight is 774 g/mol. The van der Waals surface area contributed by atoms with Crippen molar-refractivity contribution in [1.82, 2.24) is 0 Å². The van der Waals surface area contributed by atoms with E-state index < -0.39 is 0 Å². The second kappa shape index (κ2) is 16.7. The molecule has 0 saturated heterocycles. The number of anilines is 3. The maximum atomic E-state index is 2.65. The molecule has 59 heavy (non-hydrogen) atoms. The van der Waals surface area contributed by atoms with Crippen LogP contribution in [0.1, 0.15) is 106 Å². The van der Waals surface area contributed by atoms with Crippen molar-refractivity contribution >= 4 is 27.8 Å². The van der Waals surface area contributed by atoms with Crippen LogP contribution < -0.4 is 4.90 Å². The minimum Gasteiger partial charge on any atom is -0.309 e. The van der Waals surface area contributed by atoms with E-state index in [0.717, 1.165) is 25.7 Å². The summed E-state index contributed by atoms with van der Waals surface area (Å²) >= 11 is 0. The molecule has 0 aromatic heterocycles. The Morgan fingerprint density at radius 3 is 1.85 bits per heavy atom. The molecule has 0 heterocycles. The molecule has 1 nitrogen and oxygen atoms in total. The monoisotopic (exact) mass is 773 g/mol. The fourth-order valence-electron chi connectivity index (χ4n) is 10.1. The lowest BCUT2D eigenvalue weighted by atomic mass is 9.69. The lowest BCUT2D eigenvalue weighted by molar-refractivity contribution is 0.364. The van der Waals surface area contributed by atoms with Crippen molar-refractivity contribution in [3.8, 4) is 33.4 Å². The highest BCUT2D eigenvalue weighted by atomic mass is 15.1. The third kappa shape index (κ3) is 7.43. The van der Waals surface area contributed by atoms with Crippen LogP contribution in [-0.4, -0.2) is 0 Å². The molecule has 0 radical (unpaired) electrons. The Kier molecular flexibility index (Phi) is 11.4. The Bertz CT molecular complexity index is 2620. The second-order valence-electron chi connectivity index (χ2n) is 18.4. The standard InChI is InChI=1S/C58H63N/c1-10-18-44-21-12-14-23-47(44)51-36-45(29-28-42(51)8)59(54-26-17-20-43(9)56(54)46-22-13-11-19-41(46)7)55-37-53-57(49-25-16-15-24-48(49)55)50-30-27-40(6)35-52(50)58(53,33-31-38(2)3)34-32-39(4)5/h11-17,19-30,35-39H,10,18,31-34H2,1-9H3. The van der Waals surface area contributed by atoms with Crippen LogP contribution in [0.2, 0.25) is 0 Å². The van der Waals surface area contributed by atoms with Gasteiger partial charge in [-0.2, -0.15) is 0 Å². The fraction of sp³-hybridized carbons (Fsp3) is 0.310. The summed E-state index contributed by atoms with van der Waals surface area (Å²) in [6.45, 7) is 21.0. The molecule has 0 aliphatic heterocycles. The minimum atomic E-state index is -0.0847. The Morgan fingerprint density at radius 1 is 0.492 bits per heavy atom. The molecular formula is C58H63N. The molecule has 7 aromatic carbocycles. The number of hydrogen-bond acceptors (Lipinski definition) is 1. The zero-order valence-electron chi connectivity index (χ0n) is 37.0. The van der Waals surface area contributed by atoms with Crippen LogP contribution in [0.5, 0.6) is 0 Å². The van der Waals surface area contributed by atoms with Crippen molar-refractivity contribution in [2.24, 2.45) is 11.8 Å². The van der Waals surface area contributed by atoms with Crippen molar-refractivity contribution in [3.05, 3.63) is 172 Å². The number of nitrogens with zero attached hydrogens (tertiary/aromatic N) is 1. The topological polar surface area (TPSA) is 3.24 Å². The quantitative estimate of drug-likeness (QED) is 0.113. The van der Waals surface area contributed by atoms with Gasteiger partial charge in [-0.1, -0.05) is 156 Å². The summed E-state index contributed by atoms with van der Waals surface area (Å²) in [6.07, 6.45) is 6.82. The fourth-order valence-corrected chi connectivity index (χ4v) is 10.1. The molecule has 0 fully saturated rings. The second-order valence-corrected chi connectivity index (χ2v) is 18.4. The number of benzene rings is 7. The van der Waals surface area contributed by atoms with E-state index in [4.69, 9.17) is 0 Å². The van der Waals surface area contributed by atoms with Crippen molar-refractivity contribution < 1.29 is 0 Å².